The van der Waals surface area contributed by atoms with E-state index in [1.54, 1.807) is 20.8 Å². The zero-order chi connectivity index (χ0) is 20.5. The van der Waals surface area contributed by atoms with Crippen LogP contribution in [0.3, 0.4) is 0 Å². The van der Waals surface area contributed by atoms with E-state index in [9.17, 15) is 14.4 Å². The zero-order valence-corrected chi connectivity index (χ0v) is 16.6. The number of halogens is 1. The predicted molar refractivity (Wildman–Crippen MR) is 105 cm³/mol. The van der Waals surface area contributed by atoms with Crippen molar-refractivity contribution in [2.75, 3.05) is 0 Å². The molecule has 1 aromatic carbocycles. The number of ether oxygens (including phenoxy) is 1. The molecule has 2 heterocycles. The first-order chi connectivity index (χ1) is 13.2. The van der Waals surface area contributed by atoms with Gasteiger partial charge in [-0.05, 0) is 44.4 Å². The van der Waals surface area contributed by atoms with Crippen molar-refractivity contribution in [3.8, 4) is 0 Å². The number of benzene rings is 1. The van der Waals surface area contributed by atoms with E-state index in [4.69, 9.17) is 16.3 Å². The summed E-state index contributed by atoms with van der Waals surface area (Å²) < 4.78 is 7.48. The van der Waals surface area contributed by atoms with E-state index in [1.807, 2.05) is 30.3 Å². The average Bonchev–Trinajstić information content (AvgIpc) is 3.03. The highest BCUT2D eigenvalue weighted by Gasteiger charge is 2.24. The van der Waals surface area contributed by atoms with Crippen molar-refractivity contribution in [1.82, 2.24) is 19.1 Å². The summed E-state index contributed by atoms with van der Waals surface area (Å²) in [5, 5.41) is -0.0248. The molecule has 0 atom stereocenters. The second-order valence-corrected chi connectivity index (χ2v) is 7.80. The second-order valence-electron chi connectivity index (χ2n) is 7.44. The summed E-state index contributed by atoms with van der Waals surface area (Å²) in [7, 11) is 0. The van der Waals surface area contributed by atoms with Crippen LogP contribution in [0.5, 0.6) is 0 Å². The summed E-state index contributed by atoms with van der Waals surface area (Å²) in [6.07, 6.45) is 0.491. The second kappa shape index (κ2) is 7.63. The SMILES string of the molecule is CC(C)(C)C(=O)OCn1c(=O)n(CCc2ccccc2)c(=O)c2[nH]c(Cl)nc21. The van der Waals surface area contributed by atoms with E-state index in [2.05, 4.69) is 9.97 Å². The quantitative estimate of drug-likeness (QED) is 0.519. The first-order valence-electron chi connectivity index (χ1n) is 8.78. The summed E-state index contributed by atoms with van der Waals surface area (Å²) in [6, 6.07) is 9.51. The molecular formula is C19H21ClN4O4. The topological polar surface area (TPSA) is 99.0 Å². The lowest BCUT2D eigenvalue weighted by atomic mass is 9.98. The van der Waals surface area contributed by atoms with E-state index in [0.29, 0.717) is 6.42 Å². The number of hydrogen-bond donors (Lipinski definition) is 1. The number of rotatable bonds is 5. The Bertz CT molecular complexity index is 1120. The molecule has 0 aliphatic heterocycles. The molecule has 1 N–H and O–H groups in total. The van der Waals surface area contributed by atoms with Gasteiger partial charge in [-0.25, -0.2) is 9.36 Å². The van der Waals surface area contributed by atoms with Gasteiger partial charge in [-0.15, -0.1) is 0 Å². The Hall–Kier alpha value is -2.87. The molecule has 0 amide bonds. The smallest absolute Gasteiger partial charge is 0.335 e. The van der Waals surface area contributed by atoms with E-state index in [0.717, 1.165) is 14.7 Å². The fourth-order valence-electron chi connectivity index (χ4n) is 2.68. The van der Waals surface area contributed by atoms with Gasteiger partial charge < -0.3 is 9.72 Å². The molecule has 3 rings (SSSR count). The molecule has 0 radical (unpaired) electrons. The first kappa shape index (κ1) is 19.9. The Morgan fingerprint density at radius 2 is 1.86 bits per heavy atom. The van der Waals surface area contributed by atoms with E-state index < -0.39 is 22.6 Å². The average molecular weight is 405 g/mol. The van der Waals surface area contributed by atoms with Crippen LogP contribution in [0.2, 0.25) is 5.28 Å². The van der Waals surface area contributed by atoms with Crippen LogP contribution in [0.25, 0.3) is 11.2 Å². The van der Waals surface area contributed by atoms with Crippen LogP contribution in [0, 0.1) is 5.41 Å². The van der Waals surface area contributed by atoms with Crippen LogP contribution in [0.1, 0.15) is 26.3 Å². The Balaban J connectivity index is 2.01. The molecule has 148 valence electrons. The minimum absolute atomic E-state index is 0.0248. The Kier molecular flexibility index (Phi) is 5.42. The van der Waals surface area contributed by atoms with Gasteiger partial charge in [0.25, 0.3) is 5.56 Å². The Labute approximate surface area is 165 Å². The number of aryl methyl sites for hydroxylation is 1. The number of nitrogens with one attached hydrogen (secondary N) is 1. The summed E-state index contributed by atoms with van der Waals surface area (Å²) in [4.78, 5) is 44.4. The van der Waals surface area contributed by atoms with E-state index in [1.165, 1.54) is 0 Å². The van der Waals surface area contributed by atoms with Gasteiger partial charge in [0, 0.05) is 6.54 Å². The van der Waals surface area contributed by atoms with Gasteiger partial charge >= 0.3 is 11.7 Å². The minimum atomic E-state index is -0.728. The molecule has 0 unspecified atom stereocenters. The van der Waals surface area contributed by atoms with Gasteiger partial charge in [0.2, 0.25) is 5.28 Å². The maximum atomic E-state index is 12.9. The number of esters is 1. The van der Waals surface area contributed by atoms with Crippen molar-refractivity contribution in [2.45, 2.75) is 40.5 Å². The number of hydrogen-bond acceptors (Lipinski definition) is 5. The molecular weight excluding hydrogens is 384 g/mol. The van der Waals surface area contributed by atoms with Crippen molar-refractivity contribution < 1.29 is 9.53 Å². The highest BCUT2D eigenvalue weighted by Crippen LogP contribution is 2.16. The van der Waals surface area contributed by atoms with Crippen LogP contribution in [0.4, 0.5) is 0 Å². The van der Waals surface area contributed by atoms with Crippen LogP contribution in [-0.2, 0) is 29.2 Å². The number of aromatic amines is 1. The largest absolute Gasteiger partial charge is 0.443 e. The van der Waals surface area contributed by atoms with Gasteiger partial charge in [0.1, 0.15) is 0 Å². The highest BCUT2D eigenvalue weighted by molar-refractivity contribution is 6.28. The van der Waals surface area contributed by atoms with Crippen LogP contribution in [-0.4, -0.2) is 25.1 Å². The lowest BCUT2D eigenvalue weighted by Crippen LogP contribution is -2.41. The Morgan fingerprint density at radius 1 is 1.18 bits per heavy atom. The fourth-order valence-corrected chi connectivity index (χ4v) is 2.85. The van der Waals surface area contributed by atoms with Gasteiger partial charge in [-0.1, -0.05) is 30.3 Å². The summed E-state index contributed by atoms with van der Waals surface area (Å²) >= 11 is 5.90. The number of carbonyl (C=O) groups is 1. The number of fused-ring (bicyclic) bond motifs is 1. The number of aromatic nitrogens is 4. The number of H-pyrrole nitrogens is 1. The third-order valence-corrected chi connectivity index (χ3v) is 4.42. The molecule has 0 aliphatic carbocycles. The maximum absolute atomic E-state index is 12.9. The van der Waals surface area contributed by atoms with Gasteiger partial charge in [-0.3, -0.25) is 14.2 Å². The third kappa shape index (κ3) is 4.01. The predicted octanol–water partition coefficient (Wildman–Crippen LogP) is 2.33. The maximum Gasteiger partial charge on any atom is 0.335 e. The minimum Gasteiger partial charge on any atom is -0.443 e. The fraction of sp³-hybridized carbons (Fsp3) is 0.368. The molecule has 0 aliphatic rings. The first-order valence-corrected chi connectivity index (χ1v) is 9.16. The molecule has 8 nitrogen and oxygen atoms in total. The van der Waals surface area contributed by atoms with Gasteiger partial charge in [0.05, 0.1) is 5.41 Å². The van der Waals surface area contributed by atoms with Gasteiger partial charge in [0.15, 0.2) is 17.9 Å². The molecule has 28 heavy (non-hydrogen) atoms. The summed E-state index contributed by atoms with van der Waals surface area (Å²) in [6.45, 7) is 4.93. The molecule has 2 aromatic heterocycles. The van der Waals surface area contributed by atoms with Gasteiger partial charge in [-0.2, -0.15) is 4.98 Å². The molecule has 0 saturated carbocycles. The summed E-state index contributed by atoms with van der Waals surface area (Å²) in [5.41, 5.74) is -0.732. The molecule has 3 aromatic rings. The van der Waals surface area contributed by atoms with Crippen molar-refractivity contribution in [2.24, 2.45) is 5.41 Å². The normalized spacial score (nSPS) is 11.7. The monoisotopic (exact) mass is 404 g/mol. The van der Waals surface area contributed by atoms with Crippen LogP contribution >= 0.6 is 11.6 Å². The van der Waals surface area contributed by atoms with Crippen molar-refractivity contribution in [3.63, 3.8) is 0 Å². The van der Waals surface area contributed by atoms with Crippen LogP contribution in [0.15, 0.2) is 39.9 Å². The molecule has 0 spiro atoms. The standard InChI is InChI=1S/C19H21ClN4O4/c1-19(2,3)16(26)28-11-24-14-13(21-17(20)22-14)15(25)23(18(24)27)10-9-12-7-5-4-6-8-12/h4-8H,9-11H2,1-3H3,(H,21,22). The molecule has 0 bridgehead atoms. The van der Waals surface area contributed by atoms with E-state index >= 15 is 0 Å². The summed E-state index contributed by atoms with van der Waals surface area (Å²) in [5.74, 6) is -0.476. The van der Waals surface area contributed by atoms with Crippen molar-refractivity contribution in [1.29, 1.82) is 0 Å². The number of carbonyl (C=O) groups excluding carboxylic acids is 1. The third-order valence-electron chi connectivity index (χ3n) is 4.24. The number of nitrogens with zero attached hydrogens (tertiary/aromatic N) is 3. The highest BCUT2D eigenvalue weighted by atomic mass is 35.5. The van der Waals surface area contributed by atoms with Crippen molar-refractivity contribution >= 4 is 28.7 Å². The number of imidazole rings is 1. The lowest BCUT2D eigenvalue weighted by molar-refractivity contribution is -0.156. The zero-order valence-electron chi connectivity index (χ0n) is 15.9. The molecule has 0 fully saturated rings. The van der Waals surface area contributed by atoms with Crippen LogP contribution < -0.4 is 11.2 Å². The lowest BCUT2D eigenvalue weighted by Gasteiger charge is -2.17. The molecule has 0 saturated heterocycles. The van der Waals surface area contributed by atoms with Crippen molar-refractivity contribution in [3.05, 3.63) is 62.0 Å². The van der Waals surface area contributed by atoms with E-state index in [-0.39, 0.29) is 29.7 Å². The molecule has 9 heteroatoms. The Morgan fingerprint density at radius 3 is 2.50 bits per heavy atom.